The van der Waals surface area contributed by atoms with Crippen LogP contribution in [0.3, 0.4) is 0 Å². The molecule has 3 heterocycles. The van der Waals surface area contributed by atoms with E-state index in [1.807, 2.05) is 6.20 Å². The molecule has 0 atom stereocenters. The highest BCUT2D eigenvalue weighted by atomic mass is 79.9. The molecule has 0 aliphatic carbocycles. The third-order valence-corrected chi connectivity index (χ3v) is 4.03. The maximum Gasteiger partial charge on any atom is 0.276 e. The van der Waals surface area contributed by atoms with Crippen LogP contribution < -0.4 is 5.56 Å². The third kappa shape index (κ3) is 1.80. The predicted octanol–water partition coefficient (Wildman–Crippen LogP) is 1.69. The Morgan fingerprint density at radius 3 is 2.89 bits per heavy atom. The molecule has 0 unspecified atom stereocenters. The Kier molecular flexibility index (Phi) is 2.79. The van der Waals surface area contributed by atoms with E-state index in [4.69, 9.17) is 4.74 Å². The molecular formula is C12H14BrN3O2. The molecule has 6 heteroatoms. The summed E-state index contributed by atoms with van der Waals surface area (Å²) in [5.41, 5.74) is 0.714. The summed E-state index contributed by atoms with van der Waals surface area (Å²) in [4.78, 5) is 12.3. The first-order chi connectivity index (χ1) is 8.63. The first-order valence-electron chi connectivity index (χ1n) is 5.96. The fourth-order valence-corrected chi connectivity index (χ4v) is 2.67. The average molecular weight is 312 g/mol. The highest BCUT2D eigenvalue weighted by Crippen LogP contribution is 2.32. The van der Waals surface area contributed by atoms with Crippen molar-refractivity contribution in [1.29, 1.82) is 0 Å². The normalized spacial score (nSPS) is 17.9. The van der Waals surface area contributed by atoms with Crippen LogP contribution in [0.5, 0.6) is 0 Å². The lowest BCUT2D eigenvalue weighted by molar-refractivity contribution is -0.124. The average Bonchev–Trinajstić information content (AvgIpc) is 2.68. The molecule has 1 saturated heterocycles. The quantitative estimate of drug-likeness (QED) is 0.866. The summed E-state index contributed by atoms with van der Waals surface area (Å²) in [7, 11) is 0. The van der Waals surface area contributed by atoms with Crippen LogP contribution in [0.15, 0.2) is 27.9 Å². The number of nitrogens with zero attached hydrogens (tertiary/aromatic N) is 3. The smallest absolute Gasteiger partial charge is 0.276 e. The van der Waals surface area contributed by atoms with E-state index in [1.165, 1.54) is 0 Å². The summed E-state index contributed by atoms with van der Waals surface area (Å²) in [6.45, 7) is 4.33. The van der Waals surface area contributed by atoms with Crippen molar-refractivity contribution in [2.24, 2.45) is 5.41 Å². The van der Waals surface area contributed by atoms with Gasteiger partial charge in [0.1, 0.15) is 10.1 Å². The van der Waals surface area contributed by atoms with Crippen LogP contribution in [0.2, 0.25) is 0 Å². The third-order valence-electron chi connectivity index (χ3n) is 3.65. The molecule has 96 valence electrons. The van der Waals surface area contributed by atoms with E-state index in [2.05, 4.69) is 28.0 Å². The Morgan fingerprint density at radius 1 is 1.50 bits per heavy atom. The minimum Gasteiger partial charge on any atom is -0.380 e. The van der Waals surface area contributed by atoms with Gasteiger partial charge in [0.25, 0.3) is 5.56 Å². The van der Waals surface area contributed by atoms with Crippen molar-refractivity contribution >= 4 is 21.4 Å². The van der Waals surface area contributed by atoms with Gasteiger partial charge in [-0.2, -0.15) is 5.10 Å². The van der Waals surface area contributed by atoms with E-state index in [0.717, 1.165) is 19.6 Å². The molecule has 1 aliphatic heterocycles. The van der Waals surface area contributed by atoms with Gasteiger partial charge < -0.3 is 9.30 Å². The number of halogens is 1. The van der Waals surface area contributed by atoms with E-state index in [1.54, 1.807) is 21.3 Å². The lowest BCUT2D eigenvalue weighted by Crippen LogP contribution is -2.47. The highest BCUT2D eigenvalue weighted by molar-refractivity contribution is 9.10. The Morgan fingerprint density at radius 2 is 2.28 bits per heavy atom. The van der Waals surface area contributed by atoms with Gasteiger partial charge >= 0.3 is 0 Å². The SMILES string of the molecule is CCC1(Cn2ccn3nc(Br)cc3c2=O)COC1. The van der Waals surface area contributed by atoms with Gasteiger partial charge in [0, 0.05) is 30.4 Å². The molecule has 0 bridgehead atoms. The monoisotopic (exact) mass is 311 g/mol. The molecule has 5 nitrogen and oxygen atoms in total. The number of fused-ring (bicyclic) bond motifs is 1. The van der Waals surface area contributed by atoms with Gasteiger partial charge in [0.2, 0.25) is 0 Å². The Labute approximate surface area is 112 Å². The zero-order chi connectivity index (χ0) is 12.8. The summed E-state index contributed by atoms with van der Waals surface area (Å²) in [6, 6.07) is 1.74. The van der Waals surface area contributed by atoms with Crippen molar-refractivity contribution in [3.63, 3.8) is 0 Å². The first-order valence-corrected chi connectivity index (χ1v) is 6.75. The molecule has 2 aromatic heterocycles. The second-order valence-corrected chi connectivity index (χ2v) is 5.69. The summed E-state index contributed by atoms with van der Waals surface area (Å²) in [6.07, 6.45) is 4.63. The Bertz CT molecular complexity index is 637. The minimum absolute atomic E-state index is 0.00424. The second kappa shape index (κ2) is 4.20. The second-order valence-electron chi connectivity index (χ2n) is 4.87. The number of ether oxygens (including phenoxy) is 1. The topological polar surface area (TPSA) is 48.5 Å². The van der Waals surface area contributed by atoms with Crippen LogP contribution in [0.25, 0.3) is 5.52 Å². The van der Waals surface area contributed by atoms with Crippen molar-refractivity contribution in [2.75, 3.05) is 13.2 Å². The Balaban J connectivity index is 2.02. The van der Waals surface area contributed by atoms with Crippen LogP contribution >= 0.6 is 15.9 Å². The van der Waals surface area contributed by atoms with Crippen molar-refractivity contribution in [3.05, 3.63) is 33.4 Å². The van der Waals surface area contributed by atoms with Gasteiger partial charge in [0.05, 0.1) is 13.2 Å². The van der Waals surface area contributed by atoms with Crippen LogP contribution in [-0.4, -0.2) is 27.4 Å². The molecule has 3 rings (SSSR count). The van der Waals surface area contributed by atoms with Crippen LogP contribution in [0.1, 0.15) is 13.3 Å². The van der Waals surface area contributed by atoms with Gasteiger partial charge in [-0.3, -0.25) is 4.79 Å². The Hall–Kier alpha value is -1.14. The molecule has 0 amide bonds. The van der Waals surface area contributed by atoms with E-state index >= 15 is 0 Å². The summed E-state index contributed by atoms with van der Waals surface area (Å²) in [5.74, 6) is 0. The van der Waals surface area contributed by atoms with Gasteiger partial charge in [-0.25, -0.2) is 4.52 Å². The fraction of sp³-hybridized carbons (Fsp3) is 0.500. The van der Waals surface area contributed by atoms with Crippen molar-refractivity contribution in [3.8, 4) is 0 Å². The molecule has 1 aliphatic rings. The molecular weight excluding hydrogens is 298 g/mol. The summed E-state index contributed by atoms with van der Waals surface area (Å²) < 4.78 is 9.32. The largest absolute Gasteiger partial charge is 0.380 e. The molecule has 1 fully saturated rings. The highest BCUT2D eigenvalue weighted by Gasteiger charge is 2.37. The fourth-order valence-electron chi connectivity index (χ4n) is 2.28. The standard InChI is InChI=1S/C12H14BrN3O2/c1-2-12(7-18-8-12)6-15-3-4-16-9(11(15)17)5-10(13)14-16/h3-5H,2,6-8H2,1H3. The number of hydrogen-bond donors (Lipinski definition) is 0. The molecule has 0 spiro atoms. The first kappa shape index (κ1) is 11.9. The molecule has 0 radical (unpaired) electrons. The van der Waals surface area contributed by atoms with E-state index in [0.29, 0.717) is 16.7 Å². The van der Waals surface area contributed by atoms with Crippen LogP contribution in [-0.2, 0) is 11.3 Å². The lowest BCUT2D eigenvalue weighted by Gasteiger charge is -2.41. The molecule has 18 heavy (non-hydrogen) atoms. The van der Waals surface area contributed by atoms with Gasteiger partial charge in [-0.1, -0.05) is 6.92 Å². The van der Waals surface area contributed by atoms with Gasteiger partial charge in [-0.05, 0) is 22.4 Å². The molecule has 0 saturated carbocycles. The maximum atomic E-state index is 12.3. The molecule has 0 aromatic carbocycles. The lowest BCUT2D eigenvalue weighted by atomic mass is 9.83. The summed E-state index contributed by atoms with van der Waals surface area (Å²) >= 11 is 3.28. The minimum atomic E-state index is -0.00424. The zero-order valence-corrected chi connectivity index (χ0v) is 11.7. The number of rotatable bonds is 3. The molecule has 2 aromatic rings. The number of hydrogen-bond acceptors (Lipinski definition) is 3. The molecule has 0 N–H and O–H groups in total. The summed E-state index contributed by atoms with van der Waals surface area (Å²) in [5, 5.41) is 4.16. The van der Waals surface area contributed by atoms with E-state index < -0.39 is 0 Å². The van der Waals surface area contributed by atoms with Crippen LogP contribution in [0, 0.1) is 5.41 Å². The van der Waals surface area contributed by atoms with Crippen molar-refractivity contribution in [1.82, 2.24) is 14.2 Å². The van der Waals surface area contributed by atoms with Crippen molar-refractivity contribution in [2.45, 2.75) is 19.9 Å². The van der Waals surface area contributed by atoms with E-state index in [9.17, 15) is 4.79 Å². The zero-order valence-electron chi connectivity index (χ0n) is 10.1. The van der Waals surface area contributed by atoms with Crippen LogP contribution in [0.4, 0.5) is 0 Å². The van der Waals surface area contributed by atoms with Gasteiger partial charge in [-0.15, -0.1) is 0 Å². The predicted molar refractivity (Wildman–Crippen MR) is 70.7 cm³/mol. The van der Waals surface area contributed by atoms with Gasteiger partial charge in [0.15, 0.2) is 0 Å². The maximum absolute atomic E-state index is 12.3. The number of aromatic nitrogens is 3. The van der Waals surface area contributed by atoms with Crippen molar-refractivity contribution < 1.29 is 4.74 Å². The van der Waals surface area contributed by atoms with E-state index in [-0.39, 0.29) is 11.0 Å².